The molecule has 2 aromatic heterocycles. The van der Waals surface area contributed by atoms with Crippen molar-refractivity contribution in [3.8, 4) is 0 Å². The van der Waals surface area contributed by atoms with Crippen LogP contribution in [0, 0.1) is 13.8 Å². The summed E-state index contributed by atoms with van der Waals surface area (Å²) in [6.07, 6.45) is 0. The number of thiophene rings is 1. The summed E-state index contributed by atoms with van der Waals surface area (Å²) in [5, 5.41) is 5.28. The monoisotopic (exact) mass is 296 g/mol. The number of thiazole rings is 1. The van der Waals surface area contributed by atoms with E-state index >= 15 is 0 Å². The van der Waals surface area contributed by atoms with Crippen LogP contribution in [0.15, 0.2) is 11.4 Å². The normalized spacial score (nSPS) is 10.3. The number of amides is 1. The minimum Gasteiger partial charge on any atom is -0.465 e. The highest BCUT2D eigenvalue weighted by Crippen LogP contribution is 2.25. The van der Waals surface area contributed by atoms with Crippen molar-refractivity contribution in [2.24, 2.45) is 0 Å². The van der Waals surface area contributed by atoms with Crippen LogP contribution in [-0.2, 0) is 4.74 Å². The van der Waals surface area contributed by atoms with E-state index in [1.54, 1.807) is 18.4 Å². The third-order valence-electron chi connectivity index (χ3n) is 2.39. The molecule has 0 fully saturated rings. The zero-order valence-corrected chi connectivity index (χ0v) is 12.3. The number of carbonyl (C=O) groups is 2. The van der Waals surface area contributed by atoms with Crippen molar-refractivity contribution in [3.63, 3.8) is 0 Å². The van der Waals surface area contributed by atoms with E-state index in [9.17, 15) is 9.59 Å². The summed E-state index contributed by atoms with van der Waals surface area (Å²) < 4.78 is 4.66. The molecule has 100 valence electrons. The molecule has 0 aromatic carbocycles. The third-order valence-corrected chi connectivity index (χ3v) is 4.36. The number of methoxy groups -OCH3 is 1. The van der Waals surface area contributed by atoms with Gasteiger partial charge in [-0.05, 0) is 25.3 Å². The maximum atomic E-state index is 12.1. The van der Waals surface area contributed by atoms with Gasteiger partial charge in [0.2, 0.25) is 0 Å². The highest BCUT2D eigenvalue weighted by Gasteiger charge is 2.19. The number of nitrogens with one attached hydrogen (secondary N) is 1. The predicted molar refractivity (Wildman–Crippen MR) is 75.2 cm³/mol. The molecule has 0 aliphatic carbocycles. The van der Waals surface area contributed by atoms with Crippen LogP contribution in [-0.4, -0.2) is 24.0 Å². The van der Waals surface area contributed by atoms with Crippen LogP contribution in [0.3, 0.4) is 0 Å². The van der Waals surface area contributed by atoms with Crippen LogP contribution in [0.2, 0.25) is 0 Å². The topological polar surface area (TPSA) is 68.3 Å². The molecule has 19 heavy (non-hydrogen) atoms. The van der Waals surface area contributed by atoms with Crippen molar-refractivity contribution >= 4 is 40.2 Å². The van der Waals surface area contributed by atoms with Gasteiger partial charge in [-0.25, -0.2) is 9.78 Å². The zero-order chi connectivity index (χ0) is 14.0. The summed E-state index contributed by atoms with van der Waals surface area (Å²) in [5.41, 5.74) is 1.15. The van der Waals surface area contributed by atoms with E-state index in [0.717, 1.165) is 5.01 Å². The lowest BCUT2D eigenvalue weighted by Crippen LogP contribution is -2.13. The Hall–Kier alpha value is -1.73. The highest BCUT2D eigenvalue weighted by atomic mass is 32.1. The molecule has 0 bridgehead atoms. The first-order valence-electron chi connectivity index (χ1n) is 5.44. The van der Waals surface area contributed by atoms with E-state index in [1.165, 1.54) is 29.8 Å². The Kier molecular flexibility index (Phi) is 3.96. The Morgan fingerprint density at radius 3 is 2.63 bits per heavy atom. The second-order valence-electron chi connectivity index (χ2n) is 3.76. The fourth-order valence-electron chi connectivity index (χ4n) is 1.58. The summed E-state index contributed by atoms with van der Waals surface area (Å²) in [6.45, 7) is 3.63. The molecule has 0 unspecified atom stereocenters. The molecule has 7 heteroatoms. The second kappa shape index (κ2) is 5.50. The molecule has 0 atom stereocenters. The average Bonchev–Trinajstić information content (AvgIpc) is 2.95. The number of esters is 1. The van der Waals surface area contributed by atoms with Crippen LogP contribution in [0.5, 0.6) is 0 Å². The molecule has 2 heterocycles. The van der Waals surface area contributed by atoms with Gasteiger partial charge in [-0.1, -0.05) is 0 Å². The van der Waals surface area contributed by atoms with Crippen molar-refractivity contribution in [1.29, 1.82) is 0 Å². The van der Waals surface area contributed by atoms with E-state index in [0.29, 0.717) is 21.1 Å². The second-order valence-corrected chi connectivity index (χ2v) is 5.88. The van der Waals surface area contributed by atoms with E-state index in [4.69, 9.17) is 0 Å². The SMILES string of the molecule is COC(=O)c1sccc1NC(=O)c1sc(C)nc1C. The lowest BCUT2D eigenvalue weighted by molar-refractivity contribution is 0.0607. The molecule has 0 saturated heterocycles. The van der Waals surface area contributed by atoms with E-state index in [-0.39, 0.29) is 5.91 Å². The Bertz CT molecular complexity index is 631. The minimum atomic E-state index is -0.456. The number of aromatic nitrogens is 1. The van der Waals surface area contributed by atoms with Gasteiger partial charge in [-0.3, -0.25) is 4.79 Å². The molecular weight excluding hydrogens is 284 g/mol. The number of anilines is 1. The van der Waals surface area contributed by atoms with Crippen LogP contribution < -0.4 is 5.32 Å². The first-order chi connectivity index (χ1) is 9.02. The first-order valence-corrected chi connectivity index (χ1v) is 7.13. The number of aryl methyl sites for hydroxylation is 2. The number of nitrogens with zero attached hydrogens (tertiary/aromatic N) is 1. The number of hydrogen-bond donors (Lipinski definition) is 1. The molecular formula is C12H12N2O3S2. The van der Waals surface area contributed by atoms with Gasteiger partial charge in [0.05, 0.1) is 23.5 Å². The molecule has 0 spiro atoms. The number of carbonyl (C=O) groups excluding carboxylic acids is 2. The van der Waals surface area contributed by atoms with Gasteiger partial charge >= 0.3 is 5.97 Å². The predicted octanol–water partition coefficient (Wildman–Crippen LogP) is 2.86. The molecule has 1 amide bonds. The molecule has 0 saturated carbocycles. The largest absolute Gasteiger partial charge is 0.465 e. The highest BCUT2D eigenvalue weighted by molar-refractivity contribution is 7.14. The summed E-state index contributed by atoms with van der Waals surface area (Å²) in [5.74, 6) is -0.714. The van der Waals surface area contributed by atoms with Gasteiger partial charge in [0.15, 0.2) is 0 Å². The van der Waals surface area contributed by atoms with Gasteiger partial charge in [0.1, 0.15) is 9.75 Å². The van der Waals surface area contributed by atoms with Crippen molar-refractivity contribution in [2.75, 3.05) is 12.4 Å². The Morgan fingerprint density at radius 2 is 2.05 bits per heavy atom. The van der Waals surface area contributed by atoms with Crippen molar-refractivity contribution in [3.05, 3.63) is 31.9 Å². The smallest absolute Gasteiger partial charge is 0.350 e. The van der Waals surface area contributed by atoms with Gasteiger partial charge < -0.3 is 10.1 Å². The fraction of sp³-hybridized carbons (Fsp3) is 0.250. The standard InChI is InChI=1S/C12H12N2O3S2/c1-6-9(19-7(2)13-6)11(15)14-8-4-5-18-10(8)12(16)17-3/h4-5H,1-3H3,(H,14,15). The minimum absolute atomic E-state index is 0.258. The number of hydrogen-bond acceptors (Lipinski definition) is 6. The Balaban J connectivity index is 2.22. The van der Waals surface area contributed by atoms with Gasteiger partial charge in [0.25, 0.3) is 5.91 Å². The summed E-state index contributed by atoms with van der Waals surface area (Å²) >= 11 is 2.56. The Morgan fingerprint density at radius 1 is 1.32 bits per heavy atom. The molecule has 0 aliphatic rings. The van der Waals surface area contributed by atoms with Crippen LogP contribution in [0.25, 0.3) is 0 Å². The average molecular weight is 296 g/mol. The molecule has 5 nitrogen and oxygen atoms in total. The maximum Gasteiger partial charge on any atom is 0.350 e. The third kappa shape index (κ3) is 2.82. The number of ether oxygens (including phenoxy) is 1. The molecule has 2 rings (SSSR count). The fourth-order valence-corrected chi connectivity index (χ4v) is 3.16. The first kappa shape index (κ1) is 13.7. The van der Waals surface area contributed by atoms with Crippen LogP contribution in [0.4, 0.5) is 5.69 Å². The molecule has 0 radical (unpaired) electrons. The van der Waals surface area contributed by atoms with E-state index in [1.807, 2.05) is 6.92 Å². The zero-order valence-electron chi connectivity index (χ0n) is 10.6. The lowest BCUT2D eigenvalue weighted by Gasteiger charge is -2.04. The molecule has 2 aromatic rings. The molecule has 0 aliphatic heterocycles. The molecule has 1 N–H and O–H groups in total. The Labute approximate surface area is 118 Å². The van der Waals surface area contributed by atoms with Gasteiger partial charge in [-0.15, -0.1) is 22.7 Å². The maximum absolute atomic E-state index is 12.1. The van der Waals surface area contributed by atoms with Crippen molar-refractivity contribution in [1.82, 2.24) is 4.98 Å². The lowest BCUT2D eigenvalue weighted by atomic mass is 10.3. The summed E-state index contributed by atoms with van der Waals surface area (Å²) in [6, 6.07) is 1.68. The quantitative estimate of drug-likeness (QED) is 0.884. The van der Waals surface area contributed by atoms with Crippen molar-refractivity contribution < 1.29 is 14.3 Å². The van der Waals surface area contributed by atoms with Crippen LogP contribution >= 0.6 is 22.7 Å². The summed E-state index contributed by atoms with van der Waals surface area (Å²) in [4.78, 5) is 28.8. The number of rotatable bonds is 3. The van der Waals surface area contributed by atoms with Gasteiger partial charge in [0, 0.05) is 0 Å². The van der Waals surface area contributed by atoms with Crippen LogP contribution in [0.1, 0.15) is 30.0 Å². The van der Waals surface area contributed by atoms with E-state index < -0.39 is 5.97 Å². The van der Waals surface area contributed by atoms with Crippen molar-refractivity contribution in [2.45, 2.75) is 13.8 Å². The van der Waals surface area contributed by atoms with E-state index in [2.05, 4.69) is 15.0 Å². The van der Waals surface area contributed by atoms with Gasteiger partial charge in [-0.2, -0.15) is 0 Å². The summed E-state index contributed by atoms with van der Waals surface area (Å²) in [7, 11) is 1.31.